The number of rotatable bonds is 16. The van der Waals surface area contributed by atoms with Crippen LogP contribution in [0.2, 0.25) is 0 Å². The van der Waals surface area contributed by atoms with Gasteiger partial charge >= 0.3 is 0 Å². The Morgan fingerprint density at radius 2 is 1.04 bits per heavy atom. The Morgan fingerprint density at radius 1 is 0.657 bits per heavy atom. The smallest absolute Gasteiger partial charge is 0.291 e. The Kier molecular flexibility index (Phi) is 16.8. The predicted octanol–water partition coefficient (Wildman–Crippen LogP) is 7.99. The maximum Gasteiger partial charge on any atom is 0.291 e. The Hall–Kier alpha value is -6.69. The first-order chi connectivity index (χ1) is 32.1. The summed E-state index contributed by atoms with van der Waals surface area (Å²) in [6.45, 7) is 12.7. The molecule has 0 aromatic heterocycles. The van der Waals surface area contributed by atoms with E-state index in [0.717, 1.165) is 22.9 Å². The fraction of sp³-hybridized carbons (Fsp3) is 0.360. The van der Waals surface area contributed by atoms with Gasteiger partial charge in [-0.25, -0.2) is 0 Å². The third kappa shape index (κ3) is 12.0. The number of morpholine rings is 2. The average Bonchev–Trinajstić information content (AvgIpc) is 3.31. The van der Waals surface area contributed by atoms with Crippen molar-refractivity contribution in [3.05, 3.63) is 127 Å². The summed E-state index contributed by atoms with van der Waals surface area (Å²) in [7, 11) is 0. The summed E-state index contributed by atoms with van der Waals surface area (Å²) in [4.78, 5) is 80.4. The highest BCUT2D eigenvalue weighted by Gasteiger charge is 2.33. The molecule has 2 unspecified atom stereocenters. The van der Waals surface area contributed by atoms with Gasteiger partial charge in [0.1, 0.15) is 0 Å². The summed E-state index contributed by atoms with van der Waals surface area (Å²) in [5.41, 5.74) is 3.44. The number of nitro groups is 2. The first-order valence-electron chi connectivity index (χ1n) is 22.2. The predicted molar refractivity (Wildman–Crippen MR) is 257 cm³/mol. The van der Waals surface area contributed by atoms with E-state index in [4.69, 9.17) is 9.47 Å². The van der Waals surface area contributed by atoms with E-state index in [9.17, 15) is 39.4 Å². The molecule has 2 N–H and O–H groups in total. The van der Waals surface area contributed by atoms with E-state index in [2.05, 4.69) is 10.6 Å². The van der Waals surface area contributed by atoms with Gasteiger partial charge in [0.05, 0.1) is 69.3 Å². The maximum absolute atomic E-state index is 13.8. The van der Waals surface area contributed by atoms with Crippen LogP contribution in [0.5, 0.6) is 0 Å². The molecule has 17 heteroatoms. The number of ether oxygens (including phenoxy) is 2. The normalized spacial score (nSPS) is 16.5. The van der Waals surface area contributed by atoms with Gasteiger partial charge in [0, 0.05) is 52.2 Å². The van der Waals surface area contributed by atoms with Crippen LogP contribution in [-0.2, 0) is 28.7 Å². The molecule has 0 spiro atoms. The second-order valence-electron chi connectivity index (χ2n) is 16.9. The second-order valence-corrected chi connectivity index (χ2v) is 18.0. The molecule has 4 amide bonds. The molecule has 352 valence electrons. The van der Waals surface area contributed by atoms with Crippen LogP contribution in [0.3, 0.4) is 0 Å². The third-order valence-electron chi connectivity index (χ3n) is 11.6. The molecular weight excluding hydrogens is 877 g/mol. The van der Waals surface area contributed by atoms with Gasteiger partial charge in [0.15, 0.2) is 0 Å². The Labute approximate surface area is 394 Å². The quantitative estimate of drug-likeness (QED) is 0.0626. The van der Waals surface area contributed by atoms with E-state index < -0.39 is 21.9 Å². The SMILES string of the molecule is CC(=O)NCC1COCCN1C(=O)C=Cc1ccc(Sc2ccc(C=CC(=O)N3CCOCC3CNC(C)=O)c(-c3ccccc3C(C)C)c2[N+](=O)[O-])c([N+](=O)[O-])c1-c1ccccc1C(C)C. The molecule has 2 fully saturated rings. The lowest BCUT2D eigenvalue weighted by Crippen LogP contribution is -2.52. The average molecular weight is 933 g/mol. The zero-order valence-corrected chi connectivity index (χ0v) is 39.3. The van der Waals surface area contributed by atoms with Crippen molar-refractivity contribution >= 4 is 58.9 Å². The first kappa shape index (κ1) is 49.7. The zero-order valence-electron chi connectivity index (χ0n) is 38.5. The molecule has 0 radical (unpaired) electrons. The molecule has 2 atom stereocenters. The summed E-state index contributed by atoms with van der Waals surface area (Å²) in [6.07, 6.45) is 5.82. The minimum absolute atomic E-state index is 0.0584. The summed E-state index contributed by atoms with van der Waals surface area (Å²) in [5.74, 6) is -1.33. The van der Waals surface area contributed by atoms with E-state index in [1.807, 2.05) is 52.0 Å². The molecule has 6 rings (SSSR count). The van der Waals surface area contributed by atoms with Gasteiger partial charge in [-0.3, -0.25) is 39.4 Å². The molecule has 0 aliphatic carbocycles. The van der Waals surface area contributed by atoms with Crippen LogP contribution >= 0.6 is 11.8 Å². The van der Waals surface area contributed by atoms with Gasteiger partial charge in [-0.2, -0.15) is 0 Å². The van der Waals surface area contributed by atoms with Crippen LogP contribution in [-0.4, -0.2) is 108 Å². The van der Waals surface area contributed by atoms with E-state index in [1.54, 1.807) is 70.5 Å². The van der Waals surface area contributed by atoms with Crippen LogP contribution in [0.25, 0.3) is 34.4 Å². The number of carbonyl (C=O) groups is 4. The van der Waals surface area contributed by atoms with Crippen LogP contribution < -0.4 is 10.6 Å². The minimum atomic E-state index is -0.492. The summed E-state index contributed by atoms with van der Waals surface area (Å²) >= 11 is 0.893. The van der Waals surface area contributed by atoms with Gasteiger partial charge in [-0.15, -0.1) is 0 Å². The third-order valence-corrected chi connectivity index (χ3v) is 12.7. The number of amides is 4. The van der Waals surface area contributed by atoms with E-state index in [-0.39, 0.29) is 107 Å². The molecular formula is C50H56N6O10S. The van der Waals surface area contributed by atoms with Crippen molar-refractivity contribution in [2.45, 2.75) is 75.3 Å². The Morgan fingerprint density at radius 3 is 1.40 bits per heavy atom. The molecule has 4 aromatic rings. The molecule has 2 aliphatic heterocycles. The van der Waals surface area contributed by atoms with Crippen molar-refractivity contribution in [2.24, 2.45) is 0 Å². The molecule has 4 aromatic carbocycles. The summed E-state index contributed by atoms with van der Waals surface area (Å²) in [6, 6.07) is 20.2. The Balaban J connectivity index is 1.49. The topological polar surface area (TPSA) is 204 Å². The number of nitrogens with zero attached hydrogens (tertiary/aromatic N) is 4. The first-order valence-corrected chi connectivity index (χ1v) is 23.0. The van der Waals surface area contributed by atoms with Crippen LogP contribution in [0.1, 0.15) is 75.6 Å². The fourth-order valence-corrected chi connectivity index (χ4v) is 9.44. The monoisotopic (exact) mass is 932 g/mol. The van der Waals surface area contributed by atoms with Gasteiger partial charge in [-0.1, -0.05) is 100 Å². The second kappa shape index (κ2) is 22.7. The molecule has 0 bridgehead atoms. The molecule has 2 saturated heterocycles. The standard InChI is InChI=1S/C50H56N6O10S/c1-31(2)39-11-7-9-13-41(39)47-35(17-21-45(59)53-23-25-65-29-37(53)27-51-33(5)57)15-19-43(49(47)55(61)62)67-44-20-16-36(18-22-46(60)54-24-26-66-30-38(54)28-52-34(6)58)48(50(44)56(63)64)42-14-10-8-12-40(42)32(3)4/h7-22,31-32,37-38H,23-30H2,1-6H3,(H,51,57)(H,52,58). The van der Waals surface area contributed by atoms with Crippen LogP contribution in [0.15, 0.2) is 94.7 Å². The lowest BCUT2D eigenvalue weighted by Gasteiger charge is -2.35. The van der Waals surface area contributed by atoms with E-state index in [0.29, 0.717) is 35.5 Å². The van der Waals surface area contributed by atoms with Crippen molar-refractivity contribution in [1.29, 1.82) is 0 Å². The van der Waals surface area contributed by atoms with Gasteiger partial charge in [0.2, 0.25) is 23.6 Å². The molecule has 0 saturated carbocycles. The van der Waals surface area contributed by atoms with E-state index in [1.165, 1.54) is 26.0 Å². The van der Waals surface area contributed by atoms with Gasteiger partial charge in [0.25, 0.3) is 11.4 Å². The number of nitrogens with one attached hydrogen (secondary N) is 2. The van der Waals surface area contributed by atoms with Crippen LogP contribution in [0.4, 0.5) is 11.4 Å². The summed E-state index contributed by atoms with van der Waals surface area (Å²) in [5, 5.41) is 32.5. The zero-order chi connectivity index (χ0) is 48.4. The number of carbonyl (C=O) groups excluding carboxylic acids is 4. The number of nitro benzene ring substituents is 2. The number of hydrogen-bond acceptors (Lipinski definition) is 11. The van der Waals surface area contributed by atoms with Crippen LogP contribution in [0, 0.1) is 20.2 Å². The summed E-state index contributed by atoms with van der Waals surface area (Å²) < 4.78 is 11.2. The van der Waals surface area contributed by atoms with Gasteiger partial charge < -0.3 is 29.9 Å². The Bertz CT molecular complexity index is 2420. The maximum atomic E-state index is 13.8. The highest BCUT2D eigenvalue weighted by Crippen LogP contribution is 2.50. The van der Waals surface area contributed by atoms with Crippen molar-refractivity contribution < 1.29 is 38.5 Å². The lowest BCUT2D eigenvalue weighted by molar-refractivity contribution is -0.387. The molecule has 2 heterocycles. The fourth-order valence-electron chi connectivity index (χ4n) is 8.39. The highest BCUT2D eigenvalue weighted by molar-refractivity contribution is 7.99. The van der Waals surface area contributed by atoms with Crippen molar-refractivity contribution in [3.63, 3.8) is 0 Å². The van der Waals surface area contributed by atoms with Crippen molar-refractivity contribution in [2.75, 3.05) is 52.6 Å². The lowest BCUT2D eigenvalue weighted by atomic mass is 9.89. The molecule has 16 nitrogen and oxygen atoms in total. The van der Waals surface area contributed by atoms with Gasteiger partial charge in [-0.05, 0) is 69.5 Å². The molecule has 67 heavy (non-hydrogen) atoms. The number of hydrogen-bond donors (Lipinski definition) is 2. The van der Waals surface area contributed by atoms with E-state index >= 15 is 0 Å². The highest BCUT2D eigenvalue weighted by atomic mass is 32.2. The van der Waals surface area contributed by atoms with Crippen molar-refractivity contribution in [3.8, 4) is 22.3 Å². The number of benzene rings is 4. The van der Waals surface area contributed by atoms with Crippen molar-refractivity contribution in [1.82, 2.24) is 20.4 Å². The minimum Gasteiger partial charge on any atom is -0.377 e. The molecule has 2 aliphatic rings. The largest absolute Gasteiger partial charge is 0.377 e.